The first-order chi connectivity index (χ1) is 15.8. The van der Waals surface area contributed by atoms with Gasteiger partial charge in [0.25, 0.3) is 0 Å². The smallest absolute Gasteiger partial charge is 0.0146 e. The van der Waals surface area contributed by atoms with Gasteiger partial charge in [0.2, 0.25) is 0 Å². The van der Waals surface area contributed by atoms with E-state index in [0.717, 1.165) is 11.8 Å². The summed E-state index contributed by atoms with van der Waals surface area (Å²) in [5.41, 5.74) is 9.83. The molecule has 0 aromatic heterocycles. The van der Waals surface area contributed by atoms with Crippen molar-refractivity contribution < 1.29 is 0 Å². The minimum absolute atomic E-state index is 0.775. The number of hydrogen-bond donors (Lipinski definition) is 0. The van der Waals surface area contributed by atoms with E-state index in [1.807, 2.05) is 5.56 Å². The van der Waals surface area contributed by atoms with Gasteiger partial charge in [0.1, 0.15) is 0 Å². The lowest BCUT2D eigenvalue weighted by Crippen LogP contribution is -2.16. The predicted molar refractivity (Wildman–Crippen MR) is 141 cm³/mol. The molecule has 0 bridgehead atoms. The Morgan fingerprint density at radius 3 is 1.81 bits per heavy atom. The molecule has 2 aliphatic rings. The molecule has 0 unspecified atom stereocenters. The van der Waals surface area contributed by atoms with E-state index < -0.39 is 0 Å². The summed E-state index contributed by atoms with van der Waals surface area (Å²) in [5.74, 6) is 1.58. The first-order valence-electron chi connectivity index (χ1n) is 14.1. The van der Waals surface area contributed by atoms with E-state index in [-0.39, 0.29) is 0 Å². The van der Waals surface area contributed by atoms with Gasteiger partial charge >= 0.3 is 0 Å². The van der Waals surface area contributed by atoms with Crippen molar-refractivity contribution in [3.8, 4) is 11.1 Å². The molecule has 0 saturated heterocycles. The topological polar surface area (TPSA) is 0 Å². The van der Waals surface area contributed by atoms with Crippen LogP contribution in [0.2, 0.25) is 0 Å². The van der Waals surface area contributed by atoms with Crippen LogP contribution in [0.1, 0.15) is 138 Å². The fourth-order valence-electron chi connectivity index (χ4n) is 6.56. The Kier molecular flexibility index (Phi) is 8.89. The predicted octanol–water partition coefficient (Wildman–Crippen LogP) is 10.1. The van der Waals surface area contributed by atoms with Crippen LogP contribution >= 0.6 is 0 Å². The Morgan fingerprint density at radius 1 is 0.594 bits per heavy atom. The highest BCUT2D eigenvalue weighted by atomic mass is 14.3. The maximum Gasteiger partial charge on any atom is -0.0146 e. The zero-order valence-corrected chi connectivity index (χ0v) is 20.9. The van der Waals surface area contributed by atoms with Gasteiger partial charge in [-0.3, -0.25) is 0 Å². The largest absolute Gasteiger partial charge is 0.0654 e. The minimum atomic E-state index is 0.775. The monoisotopic (exact) mass is 430 g/mol. The summed E-state index contributed by atoms with van der Waals surface area (Å²) >= 11 is 0. The van der Waals surface area contributed by atoms with Crippen molar-refractivity contribution in [3.05, 3.63) is 58.7 Å². The lowest BCUT2D eigenvalue weighted by atomic mass is 9.71. The van der Waals surface area contributed by atoms with Gasteiger partial charge in [-0.1, -0.05) is 108 Å². The molecule has 174 valence electrons. The Hall–Kier alpha value is -1.56. The van der Waals surface area contributed by atoms with Crippen LogP contribution in [0, 0.1) is 0 Å². The van der Waals surface area contributed by atoms with Crippen molar-refractivity contribution in [1.29, 1.82) is 0 Å². The third-order valence-corrected chi connectivity index (χ3v) is 8.26. The third kappa shape index (κ3) is 5.67. The van der Waals surface area contributed by atoms with E-state index in [9.17, 15) is 0 Å². The molecular weight excluding hydrogens is 384 g/mol. The van der Waals surface area contributed by atoms with E-state index >= 15 is 0 Å². The lowest BCUT2D eigenvalue weighted by molar-refractivity contribution is 0.417. The van der Waals surface area contributed by atoms with Crippen molar-refractivity contribution in [2.75, 3.05) is 0 Å². The van der Waals surface area contributed by atoms with Crippen molar-refractivity contribution in [2.45, 2.75) is 128 Å². The fourth-order valence-corrected chi connectivity index (χ4v) is 6.56. The molecule has 2 aliphatic carbocycles. The summed E-state index contributed by atoms with van der Waals surface area (Å²) in [5, 5.41) is 0. The van der Waals surface area contributed by atoms with Gasteiger partial charge in [0.15, 0.2) is 0 Å². The summed E-state index contributed by atoms with van der Waals surface area (Å²) in [6, 6.07) is 14.7. The standard InChI is InChI=1S/C32H46/c1-3-5-8-14-29-23-24-30(26-21-19-25(13-4-2)20-22-26)32(28-17-11-7-12-18-28)31(29)27-15-9-6-10-16-27/h19-24,27-28H,3-18H2,1-2H3. The van der Waals surface area contributed by atoms with Crippen LogP contribution in [0.15, 0.2) is 36.4 Å². The second-order valence-corrected chi connectivity index (χ2v) is 10.7. The SMILES string of the molecule is CCCCCc1ccc(-c2ccc(CCC)cc2)c(C2CCCCC2)c1C1CCCCC1. The minimum Gasteiger partial charge on any atom is -0.0654 e. The number of unbranched alkanes of at least 4 members (excludes halogenated alkanes) is 2. The molecule has 0 heteroatoms. The number of hydrogen-bond acceptors (Lipinski definition) is 0. The normalized spacial score (nSPS) is 18.2. The Morgan fingerprint density at radius 2 is 1.22 bits per heavy atom. The van der Waals surface area contributed by atoms with E-state index in [1.165, 1.54) is 114 Å². The quantitative estimate of drug-likeness (QED) is 0.347. The molecule has 32 heavy (non-hydrogen) atoms. The average molecular weight is 431 g/mol. The van der Waals surface area contributed by atoms with Gasteiger partial charge in [-0.15, -0.1) is 0 Å². The number of aryl methyl sites for hydroxylation is 2. The Balaban J connectivity index is 1.80. The van der Waals surface area contributed by atoms with Gasteiger partial charge in [0.05, 0.1) is 0 Å². The molecular formula is C32H46. The molecule has 0 aliphatic heterocycles. The van der Waals surface area contributed by atoms with Crippen LogP contribution in [0.4, 0.5) is 0 Å². The zero-order chi connectivity index (χ0) is 22.2. The molecule has 2 aromatic carbocycles. The van der Waals surface area contributed by atoms with Crippen LogP contribution in [-0.2, 0) is 12.8 Å². The molecule has 4 rings (SSSR count). The second kappa shape index (κ2) is 12.1. The fraction of sp³-hybridized carbons (Fsp3) is 0.625. The summed E-state index contributed by atoms with van der Waals surface area (Å²) in [6.45, 7) is 4.61. The Labute approximate surface area is 198 Å². The van der Waals surface area contributed by atoms with Crippen LogP contribution in [0.3, 0.4) is 0 Å². The van der Waals surface area contributed by atoms with Crippen LogP contribution in [0.25, 0.3) is 11.1 Å². The summed E-state index contributed by atoms with van der Waals surface area (Å²) in [6.07, 6.45) is 22.0. The summed E-state index contributed by atoms with van der Waals surface area (Å²) < 4.78 is 0. The lowest BCUT2D eigenvalue weighted by Gasteiger charge is -2.33. The molecule has 0 N–H and O–H groups in total. The van der Waals surface area contributed by atoms with Gasteiger partial charge in [-0.25, -0.2) is 0 Å². The molecule has 2 saturated carbocycles. The molecule has 0 radical (unpaired) electrons. The first-order valence-corrected chi connectivity index (χ1v) is 14.1. The molecule has 2 aromatic rings. The van der Waals surface area contributed by atoms with E-state index in [1.54, 1.807) is 16.7 Å². The highest BCUT2D eigenvalue weighted by molar-refractivity contribution is 5.71. The van der Waals surface area contributed by atoms with E-state index in [2.05, 4.69) is 50.2 Å². The Bertz CT molecular complexity index is 816. The molecule has 0 nitrogen and oxygen atoms in total. The number of benzene rings is 2. The van der Waals surface area contributed by atoms with Crippen LogP contribution in [0.5, 0.6) is 0 Å². The highest BCUT2D eigenvalue weighted by Crippen LogP contribution is 2.46. The molecule has 0 atom stereocenters. The van der Waals surface area contributed by atoms with E-state index in [4.69, 9.17) is 0 Å². The van der Waals surface area contributed by atoms with Crippen molar-refractivity contribution in [3.63, 3.8) is 0 Å². The first kappa shape index (κ1) is 23.6. The summed E-state index contributed by atoms with van der Waals surface area (Å²) in [4.78, 5) is 0. The highest BCUT2D eigenvalue weighted by Gasteiger charge is 2.28. The van der Waals surface area contributed by atoms with Gasteiger partial charge in [-0.2, -0.15) is 0 Å². The van der Waals surface area contributed by atoms with Crippen molar-refractivity contribution in [2.24, 2.45) is 0 Å². The second-order valence-electron chi connectivity index (χ2n) is 10.7. The van der Waals surface area contributed by atoms with Gasteiger partial charge in [0, 0.05) is 0 Å². The summed E-state index contributed by atoms with van der Waals surface area (Å²) in [7, 11) is 0. The van der Waals surface area contributed by atoms with Crippen LogP contribution in [-0.4, -0.2) is 0 Å². The molecule has 2 fully saturated rings. The van der Waals surface area contributed by atoms with E-state index in [0.29, 0.717) is 0 Å². The molecule has 0 spiro atoms. The maximum absolute atomic E-state index is 2.54. The number of rotatable bonds is 9. The van der Waals surface area contributed by atoms with Crippen molar-refractivity contribution in [1.82, 2.24) is 0 Å². The maximum atomic E-state index is 2.54. The molecule has 0 heterocycles. The third-order valence-electron chi connectivity index (χ3n) is 8.26. The van der Waals surface area contributed by atoms with Gasteiger partial charge in [-0.05, 0) is 90.2 Å². The molecule has 0 amide bonds. The van der Waals surface area contributed by atoms with Gasteiger partial charge < -0.3 is 0 Å². The average Bonchev–Trinajstić information content (AvgIpc) is 2.86. The van der Waals surface area contributed by atoms with Crippen LogP contribution < -0.4 is 0 Å². The van der Waals surface area contributed by atoms with Crippen molar-refractivity contribution >= 4 is 0 Å². The zero-order valence-electron chi connectivity index (χ0n) is 20.9.